The van der Waals surface area contributed by atoms with Crippen molar-refractivity contribution in [2.45, 2.75) is 25.8 Å². The lowest BCUT2D eigenvalue weighted by atomic mass is 10.4. The van der Waals surface area contributed by atoms with E-state index in [4.69, 9.17) is 4.74 Å². The fraction of sp³-hybridized carbons (Fsp3) is 1.00. The SMILES string of the molecule is CCCCS(=O)(=O)NC(CBr)COC. The van der Waals surface area contributed by atoms with Crippen LogP contribution in [0.2, 0.25) is 0 Å². The van der Waals surface area contributed by atoms with Crippen molar-refractivity contribution >= 4 is 26.0 Å². The normalized spacial score (nSPS) is 14.2. The molecule has 0 saturated heterocycles. The monoisotopic (exact) mass is 287 g/mol. The minimum absolute atomic E-state index is 0.179. The van der Waals surface area contributed by atoms with Crippen LogP contribution in [0.5, 0.6) is 0 Å². The zero-order chi connectivity index (χ0) is 11.0. The highest BCUT2D eigenvalue weighted by atomic mass is 79.9. The maximum Gasteiger partial charge on any atom is 0.211 e. The second-order valence-electron chi connectivity index (χ2n) is 3.10. The van der Waals surface area contributed by atoms with Crippen LogP contribution in [0, 0.1) is 0 Å². The van der Waals surface area contributed by atoms with Gasteiger partial charge in [-0.3, -0.25) is 0 Å². The number of hydrogen-bond donors (Lipinski definition) is 1. The van der Waals surface area contributed by atoms with Gasteiger partial charge in [0, 0.05) is 12.4 Å². The summed E-state index contributed by atoms with van der Waals surface area (Å²) >= 11 is 3.23. The van der Waals surface area contributed by atoms with Crippen molar-refractivity contribution in [3.8, 4) is 0 Å². The second kappa shape index (κ2) is 7.62. The summed E-state index contributed by atoms with van der Waals surface area (Å²) in [5.74, 6) is 0.191. The Bertz CT molecular complexity index is 231. The van der Waals surface area contributed by atoms with Gasteiger partial charge in [0.2, 0.25) is 10.0 Å². The molecule has 0 aromatic rings. The van der Waals surface area contributed by atoms with Gasteiger partial charge in [-0.1, -0.05) is 29.3 Å². The Morgan fingerprint density at radius 1 is 1.50 bits per heavy atom. The average molecular weight is 288 g/mol. The number of ether oxygens (including phenoxy) is 1. The molecule has 0 heterocycles. The summed E-state index contributed by atoms with van der Waals surface area (Å²) in [6.45, 7) is 2.35. The first kappa shape index (κ1) is 14.3. The molecule has 86 valence electrons. The molecule has 0 spiro atoms. The van der Waals surface area contributed by atoms with Crippen LogP contribution in [0.3, 0.4) is 0 Å². The predicted octanol–water partition coefficient (Wildman–Crippen LogP) is 1.12. The largest absolute Gasteiger partial charge is 0.383 e. The maximum absolute atomic E-state index is 11.4. The number of nitrogens with one attached hydrogen (secondary N) is 1. The average Bonchev–Trinajstić information content (AvgIpc) is 2.14. The fourth-order valence-electron chi connectivity index (χ4n) is 0.958. The van der Waals surface area contributed by atoms with E-state index in [2.05, 4.69) is 20.7 Å². The molecule has 1 N–H and O–H groups in total. The van der Waals surface area contributed by atoms with E-state index in [1.165, 1.54) is 0 Å². The zero-order valence-electron chi connectivity index (χ0n) is 8.62. The quantitative estimate of drug-likeness (QED) is 0.681. The van der Waals surface area contributed by atoms with Crippen LogP contribution >= 0.6 is 15.9 Å². The first-order valence-electron chi connectivity index (χ1n) is 4.60. The Hall–Kier alpha value is 0.350. The van der Waals surface area contributed by atoms with Gasteiger partial charge in [0.05, 0.1) is 18.4 Å². The first-order valence-corrected chi connectivity index (χ1v) is 7.38. The van der Waals surface area contributed by atoms with E-state index in [0.29, 0.717) is 18.4 Å². The molecule has 0 amide bonds. The van der Waals surface area contributed by atoms with Crippen molar-refractivity contribution in [2.24, 2.45) is 0 Å². The molecule has 0 rings (SSSR count). The van der Waals surface area contributed by atoms with Crippen LogP contribution in [-0.2, 0) is 14.8 Å². The standard InChI is InChI=1S/C8H18BrNO3S/c1-3-4-5-14(11,12)10-8(6-9)7-13-2/h8,10H,3-7H2,1-2H3. The lowest BCUT2D eigenvalue weighted by Gasteiger charge is -2.14. The highest BCUT2D eigenvalue weighted by Gasteiger charge is 2.15. The van der Waals surface area contributed by atoms with E-state index in [0.717, 1.165) is 6.42 Å². The van der Waals surface area contributed by atoms with Crippen LogP contribution in [0.4, 0.5) is 0 Å². The topological polar surface area (TPSA) is 55.4 Å². The van der Waals surface area contributed by atoms with Crippen LogP contribution in [0.25, 0.3) is 0 Å². The third-order valence-electron chi connectivity index (χ3n) is 1.67. The van der Waals surface area contributed by atoms with E-state index in [9.17, 15) is 8.42 Å². The van der Waals surface area contributed by atoms with Crippen molar-refractivity contribution in [2.75, 3.05) is 24.8 Å². The van der Waals surface area contributed by atoms with Gasteiger partial charge in [-0.15, -0.1) is 0 Å². The lowest BCUT2D eigenvalue weighted by Crippen LogP contribution is -2.40. The van der Waals surface area contributed by atoms with Crippen molar-refractivity contribution in [3.63, 3.8) is 0 Å². The number of unbranched alkanes of at least 4 members (excludes halogenated alkanes) is 1. The molecule has 0 aliphatic carbocycles. The summed E-state index contributed by atoms with van der Waals surface area (Å²) in [6, 6.07) is -0.179. The number of rotatable bonds is 8. The molecule has 6 heteroatoms. The number of hydrogen-bond acceptors (Lipinski definition) is 3. The fourth-order valence-corrected chi connectivity index (χ4v) is 2.97. The van der Waals surface area contributed by atoms with Gasteiger partial charge in [0.25, 0.3) is 0 Å². The molecule has 0 aliphatic heterocycles. The highest BCUT2D eigenvalue weighted by Crippen LogP contribution is 1.98. The van der Waals surface area contributed by atoms with Crippen LogP contribution < -0.4 is 4.72 Å². The number of sulfonamides is 1. The summed E-state index contributed by atoms with van der Waals surface area (Å²) in [6.07, 6.45) is 1.57. The van der Waals surface area contributed by atoms with Gasteiger partial charge in [-0.2, -0.15) is 0 Å². The Kier molecular flexibility index (Phi) is 7.81. The van der Waals surface area contributed by atoms with Crippen LogP contribution in [0.1, 0.15) is 19.8 Å². The summed E-state index contributed by atoms with van der Waals surface area (Å²) in [5.41, 5.74) is 0. The molecule has 0 aromatic heterocycles. The lowest BCUT2D eigenvalue weighted by molar-refractivity contribution is 0.182. The Morgan fingerprint density at radius 3 is 2.57 bits per heavy atom. The van der Waals surface area contributed by atoms with Gasteiger partial charge >= 0.3 is 0 Å². The van der Waals surface area contributed by atoms with Gasteiger partial charge < -0.3 is 4.74 Å². The molecule has 0 aromatic carbocycles. The summed E-state index contributed by atoms with van der Waals surface area (Å²) in [5, 5.41) is 0.562. The van der Waals surface area contributed by atoms with Crippen molar-refractivity contribution in [3.05, 3.63) is 0 Å². The molecular weight excluding hydrogens is 270 g/mol. The van der Waals surface area contributed by atoms with Gasteiger partial charge in [-0.25, -0.2) is 13.1 Å². The molecular formula is C8H18BrNO3S. The molecule has 4 nitrogen and oxygen atoms in total. The van der Waals surface area contributed by atoms with Gasteiger partial charge in [0.1, 0.15) is 0 Å². The highest BCUT2D eigenvalue weighted by molar-refractivity contribution is 9.09. The molecule has 1 unspecified atom stereocenters. The molecule has 0 fully saturated rings. The van der Waals surface area contributed by atoms with Crippen molar-refractivity contribution in [1.29, 1.82) is 0 Å². The number of alkyl halides is 1. The van der Waals surface area contributed by atoms with E-state index in [-0.39, 0.29) is 11.8 Å². The Morgan fingerprint density at radius 2 is 2.14 bits per heavy atom. The van der Waals surface area contributed by atoms with Crippen LogP contribution in [0.15, 0.2) is 0 Å². The molecule has 0 aliphatic rings. The minimum atomic E-state index is -3.14. The summed E-state index contributed by atoms with van der Waals surface area (Å²) < 4.78 is 30.4. The number of halogens is 1. The van der Waals surface area contributed by atoms with E-state index < -0.39 is 10.0 Å². The van der Waals surface area contributed by atoms with E-state index in [1.54, 1.807) is 7.11 Å². The third-order valence-corrected chi connectivity index (χ3v) is 3.97. The molecule has 14 heavy (non-hydrogen) atoms. The third kappa shape index (κ3) is 6.75. The second-order valence-corrected chi connectivity index (χ2v) is 5.62. The number of methoxy groups -OCH3 is 1. The minimum Gasteiger partial charge on any atom is -0.383 e. The Balaban J connectivity index is 4.04. The molecule has 0 radical (unpaired) electrons. The first-order chi connectivity index (χ1) is 6.55. The molecule has 1 atom stereocenters. The van der Waals surface area contributed by atoms with E-state index >= 15 is 0 Å². The van der Waals surface area contributed by atoms with Gasteiger partial charge in [-0.05, 0) is 6.42 Å². The molecule has 0 bridgehead atoms. The predicted molar refractivity (Wildman–Crippen MR) is 61.3 cm³/mol. The van der Waals surface area contributed by atoms with Crippen molar-refractivity contribution < 1.29 is 13.2 Å². The maximum atomic E-state index is 11.4. The van der Waals surface area contributed by atoms with Gasteiger partial charge in [0.15, 0.2) is 0 Å². The van der Waals surface area contributed by atoms with Crippen LogP contribution in [-0.4, -0.2) is 39.3 Å². The zero-order valence-corrected chi connectivity index (χ0v) is 11.0. The summed E-state index contributed by atoms with van der Waals surface area (Å²) in [4.78, 5) is 0. The summed E-state index contributed by atoms with van der Waals surface area (Å²) in [7, 11) is -1.59. The molecule has 0 saturated carbocycles. The van der Waals surface area contributed by atoms with Crippen molar-refractivity contribution in [1.82, 2.24) is 4.72 Å². The smallest absolute Gasteiger partial charge is 0.211 e. The van der Waals surface area contributed by atoms with E-state index in [1.807, 2.05) is 6.92 Å². The Labute approximate surface area is 94.6 Å².